The third-order valence-corrected chi connectivity index (χ3v) is 7.81. The summed E-state index contributed by atoms with van der Waals surface area (Å²) in [7, 11) is -17.0. The summed E-state index contributed by atoms with van der Waals surface area (Å²) in [6.07, 6.45) is -0.233. The number of nitrogens with one attached hydrogen (secondary N) is 1. The second kappa shape index (κ2) is 9.26. The molecule has 0 bridgehead atoms. The summed E-state index contributed by atoms with van der Waals surface area (Å²) in [6.45, 7) is -1.20. The van der Waals surface area contributed by atoms with E-state index in [9.17, 15) is 38.0 Å². The number of aliphatic hydroxyl groups excluding tert-OH is 1. The molecule has 7 N–H and O–H groups in total. The average Bonchev–Trinajstić information content (AvgIpc) is 2.85. The van der Waals surface area contributed by atoms with Crippen LogP contribution in [0.5, 0.6) is 0 Å². The van der Waals surface area contributed by atoms with E-state index in [0.717, 1.165) is 0 Å². The largest absolute Gasteiger partial charge is 0.490 e. The van der Waals surface area contributed by atoms with Gasteiger partial charge in [0.05, 0.1) is 12.8 Å². The minimum Gasteiger partial charge on any atom is -0.386 e. The Morgan fingerprint density at radius 3 is 2.41 bits per heavy atom. The van der Waals surface area contributed by atoms with Crippen LogP contribution in [-0.2, 0) is 31.6 Å². The lowest BCUT2D eigenvalue weighted by molar-refractivity contribution is -0.0765. The van der Waals surface area contributed by atoms with E-state index in [4.69, 9.17) is 25.8 Å². The van der Waals surface area contributed by atoms with Crippen molar-refractivity contribution in [1.82, 2.24) is 9.55 Å². The number of hydrogen-bond acceptors (Lipinski definition) is 11. The lowest BCUT2D eigenvalue weighted by Gasteiger charge is -2.26. The first-order valence-corrected chi connectivity index (χ1v) is 12.7. The molecule has 1 aromatic heterocycles. The number of aromatic amines is 1. The Hall–Kier alpha value is -1.12. The van der Waals surface area contributed by atoms with Crippen molar-refractivity contribution in [2.75, 3.05) is 6.61 Å². The monoisotopic (exact) mass is 542 g/mol. The predicted octanol–water partition coefficient (Wildman–Crippen LogP) is -0.989. The summed E-state index contributed by atoms with van der Waals surface area (Å²) in [5, 5.41) is 20.8. The number of halogens is 1. The summed E-state index contributed by atoms with van der Waals surface area (Å²) >= 11 is 4.53. The van der Waals surface area contributed by atoms with Crippen molar-refractivity contribution in [3.05, 3.63) is 27.1 Å². The van der Waals surface area contributed by atoms with Crippen LogP contribution in [0.3, 0.4) is 0 Å². The normalized spacial score (nSPS) is 29.8. The fraction of sp³-hybridized carbons (Fsp3) is 0.455. The third-order valence-electron chi connectivity index (χ3n) is 3.71. The Kier molecular flexibility index (Phi) is 7.85. The Labute approximate surface area is 181 Å². The van der Waals surface area contributed by atoms with E-state index >= 15 is 0 Å². The van der Waals surface area contributed by atoms with Gasteiger partial charge in [-0.1, -0.05) is 18.1 Å². The van der Waals surface area contributed by atoms with Gasteiger partial charge < -0.3 is 34.5 Å². The number of phosphoric ester groups is 1. The van der Waals surface area contributed by atoms with Gasteiger partial charge in [0.15, 0.2) is 17.6 Å². The molecule has 0 aromatic carbocycles. The molecule has 16 nitrogen and oxygen atoms in total. The molecular weight excluding hydrogens is 528 g/mol. The lowest BCUT2D eigenvalue weighted by atomic mass is 9.95. The van der Waals surface area contributed by atoms with Gasteiger partial charge in [-0.15, -0.1) is 6.42 Å². The molecule has 21 heteroatoms. The van der Waals surface area contributed by atoms with Crippen LogP contribution in [-0.4, -0.2) is 63.8 Å². The van der Waals surface area contributed by atoms with Crippen LogP contribution in [0.1, 0.15) is 6.23 Å². The highest BCUT2D eigenvalue weighted by molar-refractivity contribution is 7.71. The standard InChI is InChI=1S/C11H14FN2O14P3S/c1-2-11(17)7(15)6(26-9(11)14-3-5(12)8(32)13-10(14)16)4-25-30(21,22)28-31(23,24)27-29(18,19)20/h1,3,6-7,9,15,17H,4H2,(H,21,22)(H,23,24)(H,13,16,32)(H2,18,19,20)/t6-,7?,9-,11?/m1/s1. The van der Waals surface area contributed by atoms with Crippen molar-refractivity contribution >= 4 is 35.7 Å². The van der Waals surface area contributed by atoms with Gasteiger partial charge in [-0.3, -0.25) is 14.1 Å². The zero-order valence-corrected chi connectivity index (χ0v) is 18.6. The van der Waals surface area contributed by atoms with E-state index in [-0.39, 0.29) is 0 Å². The zero-order chi connectivity index (χ0) is 24.7. The molecule has 2 rings (SSSR count). The molecular formula is C11H14FN2O14P3S. The summed E-state index contributed by atoms with van der Waals surface area (Å²) < 4.78 is 63.7. The van der Waals surface area contributed by atoms with Gasteiger partial charge in [-0.05, 0) is 0 Å². The molecule has 4 unspecified atom stereocenters. The molecule has 0 saturated carbocycles. The van der Waals surface area contributed by atoms with Gasteiger partial charge in [-0.2, -0.15) is 8.62 Å². The molecule has 0 aliphatic carbocycles. The minimum absolute atomic E-state index is 0.402. The molecule has 1 aliphatic heterocycles. The molecule has 180 valence electrons. The van der Waals surface area contributed by atoms with E-state index in [1.54, 1.807) is 5.92 Å². The molecule has 1 saturated heterocycles. The van der Waals surface area contributed by atoms with Crippen LogP contribution < -0.4 is 5.69 Å². The number of ether oxygens (including phenoxy) is 1. The highest BCUT2D eigenvalue weighted by Gasteiger charge is 2.56. The molecule has 1 fully saturated rings. The number of aliphatic hydroxyl groups is 2. The second-order valence-electron chi connectivity index (χ2n) is 5.97. The van der Waals surface area contributed by atoms with E-state index < -0.39 is 70.3 Å². The Balaban J connectivity index is 2.23. The van der Waals surface area contributed by atoms with Gasteiger partial charge in [0.2, 0.25) is 0 Å². The lowest BCUT2D eigenvalue weighted by Crippen LogP contribution is -2.47. The van der Waals surface area contributed by atoms with Crippen LogP contribution in [0.15, 0.2) is 11.0 Å². The predicted molar refractivity (Wildman–Crippen MR) is 99.4 cm³/mol. The molecule has 32 heavy (non-hydrogen) atoms. The number of aromatic nitrogens is 2. The molecule has 6 atom stereocenters. The van der Waals surface area contributed by atoms with Crippen molar-refractivity contribution in [3.8, 4) is 12.3 Å². The molecule has 0 spiro atoms. The highest BCUT2D eigenvalue weighted by atomic mass is 32.1. The summed E-state index contributed by atoms with van der Waals surface area (Å²) in [6, 6.07) is 0. The van der Waals surface area contributed by atoms with Gasteiger partial charge in [0, 0.05) is 0 Å². The Bertz CT molecular complexity index is 1190. The van der Waals surface area contributed by atoms with Crippen molar-refractivity contribution in [3.63, 3.8) is 0 Å². The van der Waals surface area contributed by atoms with Crippen LogP contribution in [0, 0.1) is 22.8 Å². The number of hydrogen-bond donors (Lipinski definition) is 7. The second-order valence-corrected chi connectivity index (χ2v) is 10.8. The topological polar surface area (TPSA) is 247 Å². The van der Waals surface area contributed by atoms with Crippen LogP contribution >= 0.6 is 35.7 Å². The minimum atomic E-state index is -5.81. The molecule has 0 radical (unpaired) electrons. The van der Waals surface area contributed by atoms with E-state index in [1.165, 1.54) is 0 Å². The van der Waals surface area contributed by atoms with E-state index in [0.29, 0.717) is 10.8 Å². The number of terminal acetylenes is 1. The Morgan fingerprint density at radius 2 is 1.88 bits per heavy atom. The van der Waals surface area contributed by atoms with Gasteiger partial charge >= 0.3 is 29.2 Å². The fourth-order valence-corrected chi connectivity index (χ4v) is 5.61. The third kappa shape index (κ3) is 6.26. The Morgan fingerprint density at radius 1 is 1.28 bits per heavy atom. The van der Waals surface area contributed by atoms with Gasteiger partial charge in [0.1, 0.15) is 16.8 Å². The number of nitrogens with zero attached hydrogens (tertiary/aromatic N) is 1. The smallest absolute Gasteiger partial charge is 0.386 e. The van der Waals surface area contributed by atoms with Crippen LogP contribution in [0.2, 0.25) is 0 Å². The van der Waals surface area contributed by atoms with Crippen LogP contribution in [0.25, 0.3) is 0 Å². The fourth-order valence-electron chi connectivity index (χ4n) is 2.44. The molecule has 1 aromatic rings. The summed E-state index contributed by atoms with van der Waals surface area (Å²) in [5.74, 6) is 0.609. The highest BCUT2D eigenvalue weighted by Crippen LogP contribution is 2.66. The molecule has 2 heterocycles. The quantitative estimate of drug-likeness (QED) is 0.118. The molecule has 1 aliphatic rings. The molecule has 0 amide bonds. The van der Waals surface area contributed by atoms with Crippen LogP contribution in [0.4, 0.5) is 4.39 Å². The van der Waals surface area contributed by atoms with Crippen molar-refractivity contribution in [2.24, 2.45) is 0 Å². The SMILES string of the molecule is C#CC1(O)C(O)[C@@H](COP(=O)(O)OP(=O)(O)OP(=O)(O)O)O[C@H]1n1cc(F)c(=S)[nH]c1=O. The zero-order valence-electron chi connectivity index (χ0n) is 15.1. The average molecular weight is 542 g/mol. The van der Waals surface area contributed by atoms with Crippen molar-refractivity contribution < 1.29 is 65.8 Å². The maximum Gasteiger partial charge on any atom is 0.490 e. The van der Waals surface area contributed by atoms with Gasteiger partial charge in [-0.25, -0.2) is 22.9 Å². The first-order chi connectivity index (χ1) is 14.4. The number of rotatable bonds is 8. The van der Waals surface area contributed by atoms with Crippen molar-refractivity contribution in [2.45, 2.75) is 24.0 Å². The summed E-state index contributed by atoms with van der Waals surface area (Å²) in [5.41, 5.74) is -3.83. The van der Waals surface area contributed by atoms with Gasteiger partial charge in [0.25, 0.3) is 0 Å². The number of phosphoric acid groups is 3. The van der Waals surface area contributed by atoms with E-state index in [1.807, 2.05) is 4.98 Å². The maximum absolute atomic E-state index is 13.8. The first kappa shape index (κ1) is 27.1. The number of H-pyrrole nitrogens is 1. The van der Waals surface area contributed by atoms with E-state index in [2.05, 4.69) is 25.4 Å². The van der Waals surface area contributed by atoms with Crippen molar-refractivity contribution in [1.29, 1.82) is 0 Å². The first-order valence-electron chi connectivity index (χ1n) is 7.74. The summed E-state index contributed by atoms with van der Waals surface area (Å²) in [4.78, 5) is 49.4. The maximum atomic E-state index is 13.8.